The molecule has 0 unspecified atom stereocenters. The molecule has 0 spiro atoms. The molecular weight excluding hydrogens is 336 g/mol. The molecule has 0 radical (unpaired) electrons. The number of rotatable bonds is 5. The number of nitrogens with one attached hydrogen (secondary N) is 1. The van der Waals surface area contributed by atoms with Crippen LogP contribution in [0.3, 0.4) is 0 Å². The maximum absolute atomic E-state index is 12.4. The van der Waals surface area contributed by atoms with Gasteiger partial charge in [-0.3, -0.25) is 9.10 Å². The van der Waals surface area contributed by atoms with Crippen LogP contribution in [-0.2, 0) is 10.0 Å². The van der Waals surface area contributed by atoms with Crippen molar-refractivity contribution in [3.8, 4) is 0 Å². The molecule has 0 aliphatic rings. The Morgan fingerprint density at radius 3 is 2.20 bits per heavy atom. The Morgan fingerprint density at radius 1 is 1.08 bits per heavy atom. The molecule has 1 amide bonds. The Balaban J connectivity index is 2.13. The third-order valence-electron chi connectivity index (χ3n) is 4.23. The molecule has 0 aliphatic carbocycles. The molecule has 2 aromatic carbocycles. The van der Waals surface area contributed by atoms with E-state index in [9.17, 15) is 13.2 Å². The first-order valence-corrected chi connectivity index (χ1v) is 9.86. The van der Waals surface area contributed by atoms with Gasteiger partial charge in [-0.25, -0.2) is 8.42 Å². The van der Waals surface area contributed by atoms with Crippen LogP contribution >= 0.6 is 0 Å². The summed E-state index contributed by atoms with van der Waals surface area (Å²) in [5.74, 6) is -0.193. The van der Waals surface area contributed by atoms with E-state index in [1.54, 1.807) is 24.3 Å². The van der Waals surface area contributed by atoms with Crippen LogP contribution in [0.5, 0.6) is 0 Å². The van der Waals surface area contributed by atoms with E-state index < -0.39 is 10.0 Å². The first kappa shape index (κ1) is 19.0. The second-order valence-corrected chi connectivity index (χ2v) is 8.35. The van der Waals surface area contributed by atoms with Crippen molar-refractivity contribution in [1.29, 1.82) is 0 Å². The Labute approximate surface area is 149 Å². The van der Waals surface area contributed by atoms with Gasteiger partial charge in [-0.2, -0.15) is 0 Å². The van der Waals surface area contributed by atoms with E-state index in [1.165, 1.54) is 16.9 Å². The number of hydrogen-bond acceptors (Lipinski definition) is 3. The summed E-state index contributed by atoms with van der Waals surface area (Å²) in [5, 5.41) is 2.98. The standard InChI is InChI=1S/C19H24N2O3S/c1-13-6-11-18(14(2)12-13)15(3)20-19(22)16-7-9-17(10-8-16)21(4)25(5,23)24/h6-12,15H,1-5H3,(H,20,22)/t15-/m0/s1. The van der Waals surface area contributed by atoms with Gasteiger partial charge in [0.25, 0.3) is 5.91 Å². The molecule has 1 N–H and O–H groups in total. The molecule has 25 heavy (non-hydrogen) atoms. The molecule has 0 aromatic heterocycles. The SMILES string of the molecule is Cc1ccc([C@H](C)NC(=O)c2ccc(N(C)S(C)(=O)=O)cc2)c(C)c1. The lowest BCUT2D eigenvalue weighted by Gasteiger charge is -2.18. The maximum atomic E-state index is 12.4. The second-order valence-electron chi connectivity index (χ2n) is 6.33. The van der Waals surface area contributed by atoms with E-state index in [2.05, 4.69) is 11.4 Å². The van der Waals surface area contributed by atoms with Gasteiger partial charge in [-0.05, 0) is 56.2 Å². The molecule has 6 heteroatoms. The van der Waals surface area contributed by atoms with Crippen LogP contribution in [0.4, 0.5) is 5.69 Å². The predicted octanol–water partition coefficient (Wildman–Crippen LogP) is 3.19. The quantitative estimate of drug-likeness (QED) is 0.890. The summed E-state index contributed by atoms with van der Waals surface area (Å²) in [7, 11) is -1.84. The zero-order valence-electron chi connectivity index (χ0n) is 15.2. The number of nitrogens with zero attached hydrogens (tertiary/aromatic N) is 1. The fraction of sp³-hybridized carbons (Fsp3) is 0.316. The summed E-state index contributed by atoms with van der Waals surface area (Å²) >= 11 is 0. The molecular formula is C19H24N2O3S. The first-order valence-electron chi connectivity index (χ1n) is 8.01. The molecule has 0 heterocycles. The monoisotopic (exact) mass is 360 g/mol. The third kappa shape index (κ3) is 4.60. The molecule has 0 bridgehead atoms. The van der Waals surface area contributed by atoms with E-state index in [0.29, 0.717) is 11.3 Å². The summed E-state index contributed by atoms with van der Waals surface area (Å²) in [5.41, 5.74) is 4.40. The average Bonchev–Trinajstić information content (AvgIpc) is 2.53. The minimum atomic E-state index is -3.32. The van der Waals surface area contributed by atoms with Gasteiger partial charge in [0.2, 0.25) is 10.0 Å². The number of benzene rings is 2. The minimum Gasteiger partial charge on any atom is -0.346 e. The molecule has 2 aromatic rings. The fourth-order valence-corrected chi connectivity index (χ4v) is 3.19. The summed E-state index contributed by atoms with van der Waals surface area (Å²) in [6.45, 7) is 6.01. The highest BCUT2D eigenvalue weighted by molar-refractivity contribution is 7.92. The lowest BCUT2D eigenvalue weighted by molar-refractivity contribution is 0.0940. The van der Waals surface area contributed by atoms with Crippen LogP contribution in [0.25, 0.3) is 0 Å². The van der Waals surface area contributed by atoms with Crippen LogP contribution in [0.2, 0.25) is 0 Å². The van der Waals surface area contributed by atoms with Crippen molar-refractivity contribution in [3.63, 3.8) is 0 Å². The summed E-state index contributed by atoms with van der Waals surface area (Å²) < 4.78 is 24.3. The largest absolute Gasteiger partial charge is 0.346 e. The van der Waals surface area contributed by atoms with Crippen molar-refractivity contribution >= 4 is 21.6 Å². The highest BCUT2D eigenvalue weighted by atomic mass is 32.2. The zero-order chi connectivity index (χ0) is 18.8. The van der Waals surface area contributed by atoms with Gasteiger partial charge in [0, 0.05) is 12.6 Å². The number of anilines is 1. The smallest absolute Gasteiger partial charge is 0.251 e. The number of amides is 1. The summed E-state index contributed by atoms with van der Waals surface area (Å²) in [6, 6.07) is 12.5. The first-order chi connectivity index (χ1) is 11.6. The lowest BCUT2D eigenvalue weighted by atomic mass is 10.00. The van der Waals surface area contributed by atoms with Gasteiger partial charge in [-0.15, -0.1) is 0 Å². The molecule has 134 valence electrons. The maximum Gasteiger partial charge on any atom is 0.251 e. The van der Waals surface area contributed by atoms with Crippen molar-refractivity contribution in [2.45, 2.75) is 26.8 Å². The molecule has 0 fully saturated rings. The van der Waals surface area contributed by atoms with Crippen molar-refractivity contribution in [3.05, 3.63) is 64.7 Å². The van der Waals surface area contributed by atoms with Crippen molar-refractivity contribution in [2.75, 3.05) is 17.6 Å². The van der Waals surface area contributed by atoms with Crippen molar-refractivity contribution in [2.24, 2.45) is 0 Å². The van der Waals surface area contributed by atoms with Crippen LogP contribution in [0.1, 0.15) is 40.0 Å². The Hall–Kier alpha value is -2.34. The average molecular weight is 360 g/mol. The zero-order valence-corrected chi connectivity index (χ0v) is 16.0. The van der Waals surface area contributed by atoms with E-state index in [1.807, 2.05) is 32.9 Å². The Bertz CT molecular complexity index is 874. The van der Waals surface area contributed by atoms with Gasteiger partial charge in [0.1, 0.15) is 0 Å². The van der Waals surface area contributed by atoms with Gasteiger partial charge in [0.15, 0.2) is 0 Å². The predicted molar refractivity (Wildman–Crippen MR) is 101 cm³/mol. The van der Waals surface area contributed by atoms with Crippen LogP contribution in [-0.4, -0.2) is 27.6 Å². The number of carbonyl (C=O) groups is 1. The molecule has 0 saturated heterocycles. The Kier molecular flexibility index (Phi) is 5.52. The number of hydrogen-bond donors (Lipinski definition) is 1. The van der Waals surface area contributed by atoms with Crippen LogP contribution in [0, 0.1) is 13.8 Å². The van der Waals surface area contributed by atoms with Crippen LogP contribution in [0.15, 0.2) is 42.5 Å². The number of carbonyl (C=O) groups excluding carboxylic acids is 1. The normalized spacial score (nSPS) is 12.5. The molecule has 5 nitrogen and oxygen atoms in total. The van der Waals surface area contributed by atoms with E-state index >= 15 is 0 Å². The van der Waals surface area contributed by atoms with E-state index in [0.717, 1.165) is 17.4 Å². The number of sulfonamides is 1. The van der Waals surface area contributed by atoms with Gasteiger partial charge < -0.3 is 5.32 Å². The second kappa shape index (κ2) is 7.27. The third-order valence-corrected chi connectivity index (χ3v) is 5.44. The van der Waals surface area contributed by atoms with Crippen molar-refractivity contribution < 1.29 is 13.2 Å². The van der Waals surface area contributed by atoms with Gasteiger partial charge in [-0.1, -0.05) is 23.8 Å². The van der Waals surface area contributed by atoms with Gasteiger partial charge >= 0.3 is 0 Å². The highest BCUT2D eigenvalue weighted by Crippen LogP contribution is 2.20. The fourth-order valence-electron chi connectivity index (χ4n) is 2.68. The molecule has 0 saturated carbocycles. The summed E-state index contributed by atoms with van der Waals surface area (Å²) in [4.78, 5) is 12.4. The molecule has 0 aliphatic heterocycles. The van der Waals surface area contributed by atoms with Crippen molar-refractivity contribution in [1.82, 2.24) is 5.32 Å². The molecule has 1 atom stereocenters. The van der Waals surface area contributed by atoms with E-state index in [4.69, 9.17) is 0 Å². The minimum absolute atomic E-state index is 0.119. The Morgan fingerprint density at radius 2 is 1.68 bits per heavy atom. The van der Waals surface area contributed by atoms with E-state index in [-0.39, 0.29) is 11.9 Å². The summed E-state index contributed by atoms with van der Waals surface area (Å²) in [6.07, 6.45) is 1.14. The van der Waals surface area contributed by atoms with Gasteiger partial charge in [0.05, 0.1) is 18.0 Å². The van der Waals surface area contributed by atoms with Crippen LogP contribution < -0.4 is 9.62 Å². The lowest BCUT2D eigenvalue weighted by Crippen LogP contribution is -2.27. The highest BCUT2D eigenvalue weighted by Gasteiger charge is 2.15. The molecule has 2 rings (SSSR count). The topological polar surface area (TPSA) is 66.5 Å². The number of aryl methyl sites for hydroxylation is 2.